The van der Waals surface area contributed by atoms with Gasteiger partial charge in [0, 0.05) is 39.9 Å². The number of halogens is 1. The van der Waals surface area contributed by atoms with Gasteiger partial charge in [-0.15, -0.1) is 24.0 Å². The van der Waals surface area contributed by atoms with Gasteiger partial charge in [-0.1, -0.05) is 6.92 Å². The van der Waals surface area contributed by atoms with Crippen LogP contribution in [0.15, 0.2) is 4.99 Å². The molecule has 1 saturated carbocycles. The maximum atomic E-state index is 11.8. The molecule has 24 heavy (non-hydrogen) atoms. The predicted octanol–water partition coefficient (Wildman–Crippen LogP) is 2.13. The van der Waals surface area contributed by atoms with Gasteiger partial charge in [-0.2, -0.15) is 0 Å². The van der Waals surface area contributed by atoms with E-state index in [2.05, 4.69) is 22.1 Å². The van der Waals surface area contributed by atoms with Crippen LogP contribution in [-0.2, 0) is 14.3 Å². The van der Waals surface area contributed by atoms with E-state index in [9.17, 15) is 4.79 Å². The highest BCUT2D eigenvalue weighted by molar-refractivity contribution is 14.0. The summed E-state index contributed by atoms with van der Waals surface area (Å²) in [6.07, 6.45) is 3.61. The molecule has 1 aliphatic heterocycles. The molecule has 1 saturated heterocycles. The number of hydrogen-bond acceptors (Lipinski definition) is 4. The van der Waals surface area contributed by atoms with Crippen LogP contribution < -0.4 is 5.32 Å². The molecule has 0 radical (unpaired) electrons. The van der Waals surface area contributed by atoms with Crippen molar-refractivity contribution in [1.82, 2.24) is 10.2 Å². The first-order chi connectivity index (χ1) is 11.0. The lowest BCUT2D eigenvalue weighted by Crippen LogP contribution is -2.43. The first kappa shape index (κ1) is 21.5. The first-order valence-electron chi connectivity index (χ1n) is 8.66. The molecule has 2 atom stereocenters. The van der Waals surface area contributed by atoms with Crippen molar-refractivity contribution in [2.45, 2.75) is 33.1 Å². The van der Waals surface area contributed by atoms with Gasteiger partial charge in [0.15, 0.2) is 5.96 Å². The average Bonchev–Trinajstić information content (AvgIpc) is 3.21. The van der Waals surface area contributed by atoms with Crippen molar-refractivity contribution < 1.29 is 14.3 Å². The fourth-order valence-electron chi connectivity index (χ4n) is 3.32. The molecular weight excluding hydrogens is 421 g/mol. The van der Waals surface area contributed by atoms with Gasteiger partial charge in [0.1, 0.15) is 0 Å². The molecule has 2 aliphatic rings. The largest absolute Gasteiger partial charge is 0.469 e. The number of guanidine groups is 1. The van der Waals surface area contributed by atoms with Crippen LogP contribution >= 0.6 is 24.0 Å². The third kappa shape index (κ3) is 5.47. The standard InChI is InChI=1S/C17H31N3O3.HI/c1-5-23-9-8-17(6-7-17)12-19-16(18-3)20-10-13(2)14(11-20)15(21)22-4;/h13-14H,5-12H2,1-4H3,(H,18,19);1H. The number of carbonyl (C=O) groups excluding carboxylic acids is 1. The van der Waals surface area contributed by atoms with Crippen LogP contribution in [-0.4, -0.2) is 63.8 Å². The molecule has 0 bridgehead atoms. The topological polar surface area (TPSA) is 63.2 Å². The SMILES string of the molecule is CCOCCC1(CNC(=NC)N2CC(C)C(C(=O)OC)C2)CC1.I. The minimum absolute atomic E-state index is 0. The summed E-state index contributed by atoms with van der Waals surface area (Å²) < 4.78 is 10.4. The van der Waals surface area contributed by atoms with Crippen LogP contribution in [0.4, 0.5) is 0 Å². The molecule has 6 nitrogen and oxygen atoms in total. The highest BCUT2D eigenvalue weighted by Crippen LogP contribution is 2.48. The second kappa shape index (κ2) is 9.79. The van der Waals surface area contributed by atoms with E-state index in [-0.39, 0.29) is 41.8 Å². The number of aliphatic imine (C=N–C) groups is 1. The predicted molar refractivity (Wildman–Crippen MR) is 106 cm³/mol. The molecule has 1 N–H and O–H groups in total. The Bertz CT molecular complexity index is 441. The quantitative estimate of drug-likeness (QED) is 0.211. The zero-order valence-electron chi connectivity index (χ0n) is 15.3. The van der Waals surface area contributed by atoms with Crippen LogP contribution in [0.25, 0.3) is 0 Å². The summed E-state index contributed by atoms with van der Waals surface area (Å²) in [7, 11) is 3.26. The summed E-state index contributed by atoms with van der Waals surface area (Å²) in [4.78, 5) is 18.4. The zero-order valence-corrected chi connectivity index (χ0v) is 17.7. The second-order valence-corrected chi connectivity index (χ2v) is 6.86. The summed E-state index contributed by atoms with van der Waals surface area (Å²) in [6.45, 7) is 8.20. The van der Waals surface area contributed by atoms with Gasteiger partial charge >= 0.3 is 5.97 Å². The number of hydrogen-bond donors (Lipinski definition) is 1. The molecular formula is C17H32IN3O3. The third-order valence-corrected chi connectivity index (χ3v) is 5.19. The average molecular weight is 453 g/mol. The Labute approximate surface area is 162 Å². The molecule has 140 valence electrons. The Hall–Kier alpha value is -0.570. The lowest BCUT2D eigenvalue weighted by atomic mass is 9.99. The van der Waals surface area contributed by atoms with Crippen LogP contribution in [0.5, 0.6) is 0 Å². The van der Waals surface area contributed by atoms with Gasteiger partial charge in [0.25, 0.3) is 0 Å². The van der Waals surface area contributed by atoms with Crippen molar-refractivity contribution in [1.29, 1.82) is 0 Å². The molecule has 0 aromatic heterocycles. The maximum absolute atomic E-state index is 11.8. The van der Waals surface area contributed by atoms with E-state index in [1.54, 1.807) is 7.05 Å². The summed E-state index contributed by atoms with van der Waals surface area (Å²) in [5, 5.41) is 3.51. The van der Waals surface area contributed by atoms with Crippen molar-refractivity contribution in [3.8, 4) is 0 Å². The molecule has 0 aromatic rings. The zero-order chi connectivity index (χ0) is 16.9. The highest BCUT2D eigenvalue weighted by Gasteiger charge is 2.43. The van der Waals surface area contributed by atoms with E-state index in [0.717, 1.165) is 38.7 Å². The molecule has 1 aliphatic carbocycles. The van der Waals surface area contributed by atoms with E-state index in [0.29, 0.717) is 12.0 Å². The second-order valence-electron chi connectivity index (χ2n) is 6.86. The van der Waals surface area contributed by atoms with Crippen molar-refractivity contribution >= 4 is 35.9 Å². The Morgan fingerprint density at radius 3 is 2.62 bits per heavy atom. The summed E-state index contributed by atoms with van der Waals surface area (Å²) in [6, 6.07) is 0. The molecule has 7 heteroatoms. The lowest BCUT2D eigenvalue weighted by Gasteiger charge is -2.24. The van der Waals surface area contributed by atoms with Gasteiger partial charge in [-0.25, -0.2) is 0 Å². The number of ether oxygens (including phenoxy) is 2. The molecule has 1 heterocycles. The van der Waals surface area contributed by atoms with E-state index < -0.39 is 0 Å². The summed E-state index contributed by atoms with van der Waals surface area (Å²) in [5.74, 6) is 0.997. The minimum Gasteiger partial charge on any atom is -0.469 e. The van der Waals surface area contributed by atoms with Crippen molar-refractivity contribution in [2.24, 2.45) is 22.2 Å². The number of rotatable bonds is 7. The summed E-state index contributed by atoms with van der Waals surface area (Å²) in [5.41, 5.74) is 0.373. The molecule has 0 spiro atoms. The van der Waals surface area contributed by atoms with Crippen molar-refractivity contribution in [2.75, 3.05) is 47.0 Å². The molecule has 0 aromatic carbocycles. The van der Waals surface area contributed by atoms with Crippen LogP contribution in [0.1, 0.15) is 33.1 Å². The van der Waals surface area contributed by atoms with Gasteiger partial charge in [-0.05, 0) is 37.5 Å². The Balaban J connectivity index is 0.00000288. The molecule has 2 unspecified atom stereocenters. The van der Waals surface area contributed by atoms with Gasteiger partial charge in [-0.3, -0.25) is 9.79 Å². The fraction of sp³-hybridized carbons (Fsp3) is 0.882. The van der Waals surface area contributed by atoms with Gasteiger partial charge < -0.3 is 19.7 Å². The van der Waals surface area contributed by atoms with Gasteiger partial charge in [0.05, 0.1) is 13.0 Å². The fourth-order valence-corrected chi connectivity index (χ4v) is 3.32. The first-order valence-corrected chi connectivity index (χ1v) is 8.66. The minimum atomic E-state index is -0.120. The number of methoxy groups -OCH3 is 1. The number of esters is 1. The van der Waals surface area contributed by atoms with Crippen LogP contribution in [0, 0.1) is 17.3 Å². The van der Waals surface area contributed by atoms with Crippen LogP contribution in [0.2, 0.25) is 0 Å². The third-order valence-electron chi connectivity index (χ3n) is 5.19. The Kier molecular flexibility index (Phi) is 8.76. The number of nitrogens with one attached hydrogen (secondary N) is 1. The van der Waals surface area contributed by atoms with Crippen molar-refractivity contribution in [3.63, 3.8) is 0 Å². The van der Waals surface area contributed by atoms with Gasteiger partial charge in [0.2, 0.25) is 0 Å². The molecule has 2 rings (SSSR count). The summed E-state index contributed by atoms with van der Waals surface area (Å²) >= 11 is 0. The molecule has 0 amide bonds. The van der Waals surface area contributed by atoms with E-state index in [1.165, 1.54) is 20.0 Å². The molecule has 2 fully saturated rings. The Morgan fingerprint density at radius 1 is 1.38 bits per heavy atom. The monoisotopic (exact) mass is 453 g/mol. The number of carbonyl (C=O) groups is 1. The van der Waals surface area contributed by atoms with E-state index in [4.69, 9.17) is 9.47 Å². The van der Waals surface area contributed by atoms with Crippen LogP contribution in [0.3, 0.4) is 0 Å². The maximum Gasteiger partial charge on any atom is 0.310 e. The van der Waals surface area contributed by atoms with Crippen molar-refractivity contribution in [3.05, 3.63) is 0 Å². The van der Waals surface area contributed by atoms with E-state index in [1.807, 2.05) is 6.92 Å². The lowest BCUT2D eigenvalue weighted by molar-refractivity contribution is -0.145. The van der Waals surface area contributed by atoms with E-state index >= 15 is 0 Å². The smallest absolute Gasteiger partial charge is 0.310 e. The number of nitrogens with zero attached hydrogens (tertiary/aromatic N) is 2. The Morgan fingerprint density at radius 2 is 2.08 bits per heavy atom. The number of likely N-dealkylation sites (tertiary alicyclic amines) is 1. The normalized spacial score (nSPS) is 25.2. The highest BCUT2D eigenvalue weighted by atomic mass is 127.